The number of nitro groups is 1. The van der Waals surface area contributed by atoms with Crippen LogP contribution in [0.1, 0.15) is 5.56 Å². The highest BCUT2D eigenvalue weighted by atomic mass is 32.2. The molecule has 0 amide bonds. The van der Waals surface area contributed by atoms with E-state index in [1.165, 1.54) is 18.2 Å². The number of nitro benzene ring substituents is 1. The smallest absolute Gasteiger partial charge is 0.321 e. The van der Waals surface area contributed by atoms with Crippen LogP contribution in [0.15, 0.2) is 72.1 Å². The summed E-state index contributed by atoms with van der Waals surface area (Å²) in [7, 11) is -3.33. The third kappa shape index (κ3) is 5.72. The molecule has 2 aromatic rings. The molecule has 0 aliphatic carbocycles. The first-order chi connectivity index (χ1) is 14.3. The highest BCUT2D eigenvalue weighted by Crippen LogP contribution is 2.28. The maximum atomic E-state index is 13.3. The molecular formula is C20H22N2O7S. The molecule has 0 unspecified atom stereocenters. The zero-order valence-electron chi connectivity index (χ0n) is 16.3. The lowest BCUT2D eigenvalue weighted by atomic mass is 10.2. The second-order valence-corrected chi connectivity index (χ2v) is 8.01. The maximum absolute atomic E-state index is 13.3. The third-order valence-corrected chi connectivity index (χ3v) is 6.12. The molecule has 0 fully saturated rings. The Morgan fingerprint density at radius 1 is 1.20 bits per heavy atom. The Morgan fingerprint density at radius 3 is 2.43 bits per heavy atom. The molecule has 0 radical (unpaired) electrons. The van der Waals surface area contributed by atoms with Gasteiger partial charge in [-0.15, -0.1) is 6.58 Å². The van der Waals surface area contributed by atoms with Crippen LogP contribution in [0, 0.1) is 10.1 Å². The second kappa shape index (κ2) is 10.6. The summed E-state index contributed by atoms with van der Waals surface area (Å²) in [6.07, 6.45) is 1.31. The Bertz CT molecular complexity index is 993. The van der Waals surface area contributed by atoms with Crippen molar-refractivity contribution in [1.82, 2.24) is 4.31 Å². The van der Waals surface area contributed by atoms with Crippen molar-refractivity contribution in [3.8, 4) is 0 Å². The van der Waals surface area contributed by atoms with Gasteiger partial charge in [0.2, 0.25) is 0 Å². The molecule has 2 aromatic carbocycles. The predicted molar refractivity (Wildman–Crippen MR) is 109 cm³/mol. The van der Waals surface area contributed by atoms with Gasteiger partial charge in [-0.05, 0) is 11.6 Å². The van der Waals surface area contributed by atoms with Gasteiger partial charge in [-0.1, -0.05) is 48.5 Å². The molecule has 0 aliphatic rings. The molecule has 0 spiro atoms. The van der Waals surface area contributed by atoms with E-state index in [0.29, 0.717) is 0 Å². The number of rotatable bonds is 11. The van der Waals surface area contributed by atoms with Crippen LogP contribution in [0.5, 0.6) is 0 Å². The summed E-state index contributed by atoms with van der Waals surface area (Å²) in [6, 6.07) is 13.2. The fourth-order valence-electron chi connectivity index (χ4n) is 2.67. The van der Waals surface area contributed by atoms with Crippen LogP contribution in [-0.2, 0) is 30.9 Å². The molecule has 0 saturated heterocycles. The molecule has 9 nitrogen and oxygen atoms in total. The minimum absolute atomic E-state index is 0.116. The average molecular weight is 434 g/mol. The standard InChI is InChI=1S/C20H22N2O7S/c1-3-17(15-29-14-16-9-5-4-6-10-16)21(13-20(23)28-2)30(26,27)19-12-8-7-11-18(19)22(24)25/h3-12,17H,1,13-15H2,2H3/t17-/m1/s1. The molecule has 0 aliphatic heterocycles. The van der Waals surface area contributed by atoms with E-state index < -0.39 is 44.1 Å². The van der Waals surface area contributed by atoms with Gasteiger partial charge in [-0.3, -0.25) is 14.9 Å². The minimum atomic E-state index is -4.45. The second-order valence-electron chi connectivity index (χ2n) is 6.16. The van der Waals surface area contributed by atoms with Gasteiger partial charge in [-0.25, -0.2) is 8.42 Å². The van der Waals surface area contributed by atoms with Crippen LogP contribution in [0.3, 0.4) is 0 Å². The van der Waals surface area contributed by atoms with Crippen molar-refractivity contribution in [2.24, 2.45) is 0 Å². The van der Waals surface area contributed by atoms with Crippen LogP contribution in [-0.4, -0.2) is 49.9 Å². The zero-order chi connectivity index (χ0) is 22.1. The molecule has 0 bridgehead atoms. The van der Waals surface area contributed by atoms with Crippen molar-refractivity contribution in [1.29, 1.82) is 0 Å². The number of methoxy groups -OCH3 is 1. The Balaban J connectivity index is 2.34. The molecule has 160 valence electrons. The largest absolute Gasteiger partial charge is 0.468 e. The number of benzene rings is 2. The number of nitrogens with zero attached hydrogens (tertiary/aromatic N) is 2. The van der Waals surface area contributed by atoms with Crippen molar-refractivity contribution in [2.75, 3.05) is 20.3 Å². The molecule has 0 saturated carbocycles. The summed E-state index contributed by atoms with van der Waals surface area (Å²) < 4.78 is 37.5. The molecule has 10 heteroatoms. The first-order valence-electron chi connectivity index (χ1n) is 8.87. The number of hydrogen-bond acceptors (Lipinski definition) is 7. The van der Waals surface area contributed by atoms with Crippen LogP contribution >= 0.6 is 0 Å². The lowest BCUT2D eigenvalue weighted by molar-refractivity contribution is -0.387. The van der Waals surface area contributed by atoms with E-state index in [9.17, 15) is 23.3 Å². The van der Waals surface area contributed by atoms with E-state index in [1.54, 1.807) is 0 Å². The lowest BCUT2D eigenvalue weighted by Gasteiger charge is -2.27. The molecular weight excluding hydrogens is 412 g/mol. The average Bonchev–Trinajstić information content (AvgIpc) is 2.75. The fraction of sp³-hybridized carbons (Fsp3) is 0.250. The monoisotopic (exact) mass is 434 g/mol. The number of carbonyl (C=O) groups is 1. The van der Waals surface area contributed by atoms with E-state index in [4.69, 9.17) is 4.74 Å². The summed E-state index contributed by atoms with van der Waals surface area (Å²) in [5.41, 5.74) is 0.279. The summed E-state index contributed by atoms with van der Waals surface area (Å²) in [4.78, 5) is 21.9. The van der Waals surface area contributed by atoms with E-state index in [1.807, 2.05) is 30.3 Å². The number of hydrogen-bond donors (Lipinski definition) is 0. The first kappa shape index (κ1) is 23.2. The predicted octanol–water partition coefficient (Wildman–Crippen LogP) is 2.53. The van der Waals surface area contributed by atoms with Gasteiger partial charge in [-0.2, -0.15) is 4.31 Å². The first-order valence-corrected chi connectivity index (χ1v) is 10.3. The van der Waals surface area contributed by atoms with Crippen LogP contribution in [0.25, 0.3) is 0 Å². The van der Waals surface area contributed by atoms with Crippen LogP contribution < -0.4 is 0 Å². The Hall–Kier alpha value is -3.08. The SMILES string of the molecule is C=C[C@H](COCc1ccccc1)N(CC(=O)OC)S(=O)(=O)c1ccccc1[N+](=O)[O-]. The number of esters is 1. The highest BCUT2D eigenvalue weighted by Gasteiger charge is 2.36. The maximum Gasteiger partial charge on any atom is 0.321 e. The third-order valence-electron chi connectivity index (χ3n) is 4.20. The van der Waals surface area contributed by atoms with Crippen LogP contribution in [0.2, 0.25) is 0 Å². The van der Waals surface area contributed by atoms with Gasteiger partial charge >= 0.3 is 5.97 Å². The molecule has 2 rings (SSSR count). The molecule has 0 heterocycles. The number of para-hydroxylation sites is 1. The van der Waals surface area contributed by atoms with Crippen LogP contribution in [0.4, 0.5) is 5.69 Å². The summed E-state index contributed by atoms with van der Waals surface area (Å²) in [6.45, 7) is 3.07. The van der Waals surface area contributed by atoms with E-state index in [0.717, 1.165) is 29.1 Å². The summed E-state index contributed by atoms with van der Waals surface area (Å²) in [5.74, 6) is -0.827. The number of ether oxygens (including phenoxy) is 2. The van der Waals surface area contributed by atoms with Crippen molar-refractivity contribution >= 4 is 21.7 Å². The number of carbonyl (C=O) groups excluding carboxylic acids is 1. The topological polar surface area (TPSA) is 116 Å². The van der Waals surface area contributed by atoms with Crippen molar-refractivity contribution in [3.63, 3.8) is 0 Å². The quantitative estimate of drug-likeness (QED) is 0.231. The van der Waals surface area contributed by atoms with Gasteiger partial charge in [0.1, 0.15) is 6.54 Å². The summed E-state index contributed by atoms with van der Waals surface area (Å²) in [5, 5.41) is 11.3. The zero-order valence-corrected chi connectivity index (χ0v) is 17.2. The van der Waals surface area contributed by atoms with Crippen molar-refractivity contribution < 1.29 is 27.6 Å². The highest BCUT2D eigenvalue weighted by molar-refractivity contribution is 7.89. The number of sulfonamides is 1. The van der Waals surface area contributed by atoms with Crippen molar-refractivity contribution in [2.45, 2.75) is 17.5 Å². The molecule has 1 atom stereocenters. The Kier molecular flexibility index (Phi) is 8.22. The fourth-order valence-corrected chi connectivity index (χ4v) is 4.35. The van der Waals surface area contributed by atoms with Gasteiger partial charge in [0.15, 0.2) is 4.90 Å². The molecule has 0 aromatic heterocycles. The molecule has 30 heavy (non-hydrogen) atoms. The van der Waals surface area contributed by atoms with Gasteiger partial charge < -0.3 is 9.47 Å². The van der Waals surface area contributed by atoms with Crippen molar-refractivity contribution in [3.05, 3.63) is 82.9 Å². The normalized spacial score (nSPS) is 12.3. The van der Waals surface area contributed by atoms with E-state index >= 15 is 0 Å². The minimum Gasteiger partial charge on any atom is -0.468 e. The Morgan fingerprint density at radius 2 is 1.83 bits per heavy atom. The van der Waals surface area contributed by atoms with Gasteiger partial charge in [0.25, 0.3) is 15.7 Å². The lowest BCUT2D eigenvalue weighted by Crippen LogP contribution is -2.45. The summed E-state index contributed by atoms with van der Waals surface area (Å²) >= 11 is 0. The molecule has 0 N–H and O–H groups in total. The van der Waals surface area contributed by atoms with E-state index in [2.05, 4.69) is 11.3 Å². The van der Waals surface area contributed by atoms with E-state index in [-0.39, 0.29) is 13.2 Å². The van der Waals surface area contributed by atoms with Gasteiger partial charge in [0.05, 0.1) is 31.3 Å². The van der Waals surface area contributed by atoms with Gasteiger partial charge in [0, 0.05) is 6.07 Å². The Labute approximate surface area is 174 Å².